The first-order chi connectivity index (χ1) is 6.72. The number of esters is 1. The Morgan fingerprint density at radius 2 is 1.79 bits per heavy atom. The highest BCUT2D eigenvalue weighted by Gasteiger charge is 2.49. The molecule has 2 fully saturated rings. The normalized spacial score (nSPS) is 41.0. The van der Waals surface area contributed by atoms with Crippen LogP contribution in [-0.4, -0.2) is 50.7 Å². The highest BCUT2D eigenvalue weighted by molar-refractivity contribution is 5.66. The van der Waals surface area contributed by atoms with Crippen molar-refractivity contribution in [2.24, 2.45) is 0 Å². The summed E-state index contributed by atoms with van der Waals surface area (Å²) in [5.41, 5.74) is 0. The Morgan fingerprint density at radius 1 is 1.21 bits per heavy atom. The topological polar surface area (TPSA) is 54.0 Å². The van der Waals surface area contributed by atoms with E-state index >= 15 is 0 Å². The van der Waals surface area contributed by atoms with Gasteiger partial charge in [-0.1, -0.05) is 0 Å². The molecule has 0 aromatic rings. The van der Waals surface area contributed by atoms with Crippen LogP contribution in [0.15, 0.2) is 0 Å². The van der Waals surface area contributed by atoms with Gasteiger partial charge in [0.25, 0.3) is 0 Å². The van der Waals surface area contributed by atoms with Gasteiger partial charge >= 0.3 is 5.97 Å². The zero-order chi connectivity index (χ0) is 10.1. The van der Waals surface area contributed by atoms with Crippen LogP contribution in [0.3, 0.4) is 0 Å². The van der Waals surface area contributed by atoms with Gasteiger partial charge in [-0.05, 0) is 0 Å². The molecule has 0 aromatic heterocycles. The van der Waals surface area contributed by atoms with Crippen LogP contribution in [0, 0.1) is 0 Å². The van der Waals surface area contributed by atoms with Crippen LogP contribution < -0.4 is 0 Å². The zero-order valence-electron chi connectivity index (χ0n) is 8.26. The molecule has 2 rings (SSSR count). The first kappa shape index (κ1) is 9.89. The largest absolute Gasteiger partial charge is 0.457 e. The summed E-state index contributed by atoms with van der Waals surface area (Å²) in [5.74, 6) is -0.302. The minimum Gasteiger partial charge on any atom is -0.457 e. The average Bonchev–Trinajstić information content (AvgIpc) is 2.67. The molecule has 0 aromatic carbocycles. The first-order valence-electron chi connectivity index (χ1n) is 4.65. The van der Waals surface area contributed by atoms with E-state index in [1.807, 2.05) is 0 Å². The minimum atomic E-state index is -0.302. The lowest BCUT2D eigenvalue weighted by Gasteiger charge is -2.15. The second-order valence-corrected chi connectivity index (χ2v) is 3.52. The van der Waals surface area contributed by atoms with Crippen molar-refractivity contribution in [1.29, 1.82) is 0 Å². The molecule has 2 saturated heterocycles. The predicted octanol–water partition coefficient (Wildman–Crippen LogP) is -0.269. The number of methoxy groups -OCH3 is 1. The molecule has 0 spiro atoms. The highest BCUT2D eigenvalue weighted by Crippen LogP contribution is 2.30. The van der Waals surface area contributed by atoms with E-state index in [0.29, 0.717) is 13.2 Å². The summed E-state index contributed by atoms with van der Waals surface area (Å²) in [5, 5.41) is 0. The average molecular weight is 202 g/mol. The van der Waals surface area contributed by atoms with Gasteiger partial charge < -0.3 is 18.9 Å². The SMILES string of the molecule is COC1COC2C1OC[C@H]2OC(C)=O. The third-order valence-corrected chi connectivity index (χ3v) is 2.58. The van der Waals surface area contributed by atoms with E-state index in [-0.39, 0.29) is 30.4 Å². The van der Waals surface area contributed by atoms with E-state index in [4.69, 9.17) is 18.9 Å². The van der Waals surface area contributed by atoms with Crippen LogP contribution in [0.2, 0.25) is 0 Å². The van der Waals surface area contributed by atoms with Gasteiger partial charge in [-0.25, -0.2) is 0 Å². The molecular formula is C9H14O5. The Morgan fingerprint density at radius 3 is 2.36 bits per heavy atom. The molecule has 0 bridgehead atoms. The molecule has 0 radical (unpaired) electrons. The molecule has 0 saturated carbocycles. The lowest BCUT2D eigenvalue weighted by molar-refractivity contribution is -0.151. The van der Waals surface area contributed by atoms with Crippen molar-refractivity contribution in [3.8, 4) is 0 Å². The summed E-state index contributed by atoms with van der Waals surface area (Å²) >= 11 is 0. The van der Waals surface area contributed by atoms with Crippen molar-refractivity contribution in [3.05, 3.63) is 0 Å². The minimum absolute atomic E-state index is 0.0411. The molecule has 4 atom stereocenters. The van der Waals surface area contributed by atoms with Crippen LogP contribution in [0.4, 0.5) is 0 Å². The monoisotopic (exact) mass is 202 g/mol. The number of fused-ring (bicyclic) bond motifs is 1. The van der Waals surface area contributed by atoms with E-state index in [1.54, 1.807) is 7.11 Å². The first-order valence-corrected chi connectivity index (χ1v) is 4.65. The van der Waals surface area contributed by atoms with Gasteiger partial charge in [-0.15, -0.1) is 0 Å². The quantitative estimate of drug-likeness (QED) is 0.577. The third-order valence-electron chi connectivity index (χ3n) is 2.58. The second kappa shape index (κ2) is 3.84. The fourth-order valence-corrected chi connectivity index (χ4v) is 1.95. The molecule has 0 amide bonds. The third kappa shape index (κ3) is 1.63. The summed E-state index contributed by atoms with van der Waals surface area (Å²) in [6, 6.07) is 0. The van der Waals surface area contributed by atoms with Crippen LogP contribution in [0.25, 0.3) is 0 Å². The summed E-state index contributed by atoms with van der Waals surface area (Å²) in [6.45, 7) is 2.29. The van der Waals surface area contributed by atoms with Crippen molar-refractivity contribution in [2.45, 2.75) is 31.3 Å². The molecule has 0 N–H and O–H groups in total. The number of carbonyl (C=O) groups excluding carboxylic acids is 1. The van der Waals surface area contributed by atoms with Crippen LogP contribution in [-0.2, 0) is 23.7 Å². The molecule has 3 unspecified atom stereocenters. The van der Waals surface area contributed by atoms with Gasteiger partial charge in [0.15, 0.2) is 6.10 Å². The summed E-state index contributed by atoms with van der Waals surface area (Å²) < 4.78 is 21.2. The number of ether oxygens (including phenoxy) is 4. The number of rotatable bonds is 2. The van der Waals surface area contributed by atoms with Crippen molar-refractivity contribution >= 4 is 5.97 Å². The fraction of sp³-hybridized carbons (Fsp3) is 0.889. The van der Waals surface area contributed by atoms with E-state index in [1.165, 1.54) is 6.92 Å². The van der Waals surface area contributed by atoms with E-state index in [9.17, 15) is 4.79 Å². The van der Waals surface area contributed by atoms with Gasteiger partial charge in [0, 0.05) is 14.0 Å². The van der Waals surface area contributed by atoms with E-state index in [2.05, 4.69) is 0 Å². The number of hydrogen-bond acceptors (Lipinski definition) is 5. The summed E-state index contributed by atoms with van der Waals surface area (Å²) in [6.07, 6.45) is -0.577. The zero-order valence-corrected chi connectivity index (χ0v) is 8.26. The standard InChI is InChI=1S/C9H14O5/c1-5(10)14-7-4-13-8-6(11-2)3-12-9(7)8/h6-9H,3-4H2,1-2H3/t6?,7-,8?,9?/m1/s1. The fourth-order valence-electron chi connectivity index (χ4n) is 1.95. The molecule has 5 heteroatoms. The van der Waals surface area contributed by atoms with Gasteiger partial charge in [-0.2, -0.15) is 0 Å². The Kier molecular flexibility index (Phi) is 2.71. The Hall–Kier alpha value is -0.650. The van der Waals surface area contributed by atoms with Crippen molar-refractivity contribution in [1.82, 2.24) is 0 Å². The maximum atomic E-state index is 10.8. The van der Waals surface area contributed by atoms with Crippen molar-refractivity contribution < 1.29 is 23.7 Å². The molecule has 14 heavy (non-hydrogen) atoms. The summed E-state index contributed by atoms with van der Waals surface area (Å²) in [7, 11) is 1.62. The lowest BCUT2D eigenvalue weighted by atomic mass is 10.1. The van der Waals surface area contributed by atoms with Crippen LogP contribution in [0.5, 0.6) is 0 Å². The second-order valence-electron chi connectivity index (χ2n) is 3.52. The highest BCUT2D eigenvalue weighted by atomic mass is 16.6. The maximum Gasteiger partial charge on any atom is 0.303 e. The molecular weight excluding hydrogens is 188 g/mol. The van der Waals surface area contributed by atoms with E-state index < -0.39 is 0 Å². The van der Waals surface area contributed by atoms with Crippen molar-refractivity contribution in [3.63, 3.8) is 0 Å². The maximum absolute atomic E-state index is 10.8. The Labute approximate surface area is 82.3 Å². The molecule has 2 aliphatic rings. The Balaban J connectivity index is 1.97. The van der Waals surface area contributed by atoms with Gasteiger partial charge in [0.1, 0.15) is 18.3 Å². The Bertz CT molecular complexity index is 229. The molecule has 5 nitrogen and oxygen atoms in total. The molecule has 0 aliphatic carbocycles. The van der Waals surface area contributed by atoms with Gasteiger partial charge in [0.2, 0.25) is 0 Å². The molecule has 80 valence electrons. The number of hydrogen-bond donors (Lipinski definition) is 0. The van der Waals surface area contributed by atoms with Gasteiger partial charge in [-0.3, -0.25) is 4.79 Å². The molecule has 2 heterocycles. The predicted molar refractivity (Wildman–Crippen MR) is 45.8 cm³/mol. The van der Waals surface area contributed by atoms with Crippen molar-refractivity contribution in [2.75, 3.05) is 20.3 Å². The summed E-state index contributed by atoms with van der Waals surface area (Å²) in [4.78, 5) is 10.8. The van der Waals surface area contributed by atoms with Crippen LogP contribution >= 0.6 is 0 Å². The lowest BCUT2D eigenvalue weighted by Crippen LogP contribution is -2.34. The van der Waals surface area contributed by atoms with Crippen LogP contribution in [0.1, 0.15) is 6.92 Å². The molecule has 2 aliphatic heterocycles. The van der Waals surface area contributed by atoms with E-state index in [0.717, 1.165) is 0 Å². The van der Waals surface area contributed by atoms with Gasteiger partial charge in [0.05, 0.1) is 13.2 Å². The number of carbonyl (C=O) groups is 1. The smallest absolute Gasteiger partial charge is 0.303 e.